The molecule has 1 aliphatic heterocycles. The summed E-state index contributed by atoms with van der Waals surface area (Å²) in [5.41, 5.74) is 3.53. The van der Waals surface area contributed by atoms with Crippen LogP contribution in [0.4, 0.5) is 5.69 Å². The monoisotopic (exact) mass is 355 g/mol. The number of nitrogens with one attached hydrogen (secondary N) is 1. The Bertz CT molecular complexity index is 805. The lowest BCUT2D eigenvalue weighted by Gasteiger charge is -2.23. The molecule has 138 valence electrons. The predicted molar refractivity (Wildman–Crippen MR) is 104 cm³/mol. The summed E-state index contributed by atoms with van der Waals surface area (Å²) < 4.78 is 16.4. The fraction of sp³-hybridized carbons (Fsp3) is 0.350. The molecule has 0 fully saturated rings. The van der Waals surface area contributed by atoms with Crippen molar-refractivity contribution in [3.8, 4) is 17.2 Å². The quantitative estimate of drug-likeness (QED) is 0.660. The van der Waals surface area contributed by atoms with Gasteiger partial charge in [-0.3, -0.25) is 4.99 Å². The third kappa shape index (κ3) is 3.27. The van der Waals surface area contributed by atoms with Crippen LogP contribution in [-0.4, -0.2) is 40.9 Å². The van der Waals surface area contributed by atoms with Crippen molar-refractivity contribution in [1.82, 2.24) is 5.32 Å². The van der Waals surface area contributed by atoms with E-state index in [1.54, 1.807) is 28.4 Å². The van der Waals surface area contributed by atoms with Gasteiger partial charge in [0.15, 0.2) is 17.5 Å². The molecule has 26 heavy (non-hydrogen) atoms. The number of fused-ring (bicyclic) bond motifs is 1. The first-order chi connectivity index (χ1) is 12.7. The van der Waals surface area contributed by atoms with Gasteiger partial charge in [-0.05, 0) is 30.2 Å². The molecule has 0 saturated heterocycles. The van der Waals surface area contributed by atoms with Gasteiger partial charge in [0.25, 0.3) is 0 Å². The Morgan fingerprint density at radius 3 is 2.50 bits per heavy atom. The number of methoxy groups -OCH3 is 3. The van der Waals surface area contributed by atoms with Crippen molar-refractivity contribution in [3.63, 3.8) is 0 Å². The van der Waals surface area contributed by atoms with Crippen LogP contribution in [0.3, 0.4) is 0 Å². The molecule has 0 saturated carbocycles. The topological polar surface area (TPSA) is 55.3 Å². The van der Waals surface area contributed by atoms with Gasteiger partial charge in [-0.1, -0.05) is 18.2 Å². The second-order valence-electron chi connectivity index (χ2n) is 5.92. The molecular formula is C20H25N3O3. The molecule has 0 spiro atoms. The Hall–Kier alpha value is -2.89. The fourth-order valence-corrected chi connectivity index (χ4v) is 3.33. The second kappa shape index (κ2) is 7.99. The summed E-state index contributed by atoms with van der Waals surface area (Å²) in [4.78, 5) is 6.66. The number of guanidine groups is 1. The molecule has 3 rings (SSSR count). The van der Waals surface area contributed by atoms with E-state index < -0.39 is 0 Å². The highest BCUT2D eigenvalue weighted by Gasteiger charge is 2.23. The molecule has 0 bridgehead atoms. The van der Waals surface area contributed by atoms with Gasteiger partial charge in [-0.15, -0.1) is 0 Å². The molecule has 2 aromatic carbocycles. The van der Waals surface area contributed by atoms with Crippen molar-refractivity contribution in [2.45, 2.75) is 13.0 Å². The zero-order valence-corrected chi connectivity index (χ0v) is 15.7. The lowest BCUT2D eigenvalue weighted by Crippen LogP contribution is -2.40. The zero-order chi connectivity index (χ0) is 18.5. The summed E-state index contributed by atoms with van der Waals surface area (Å²) in [7, 11) is 6.65. The fourth-order valence-electron chi connectivity index (χ4n) is 3.33. The number of hydrogen-bond donors (Lipinski definition) is 1. The Labute approximate surface area is 154 Å². The Kier molecular flexibility index (Phi) is 5.51. The van der Waals surface area contributed by atoms with E-state index in [-0.39, 0.29) is 0 Å². The molecule has 1 heterocycles. The highest BCUT2D eigenvalue weighted by molar-refractivity contribution is 5.97. The molecular weight excluding hydrogens is 330 g/mol. The van der Waals surface area contributed by atoms with Crippen LogP contribution in [0.5, 0.6) is 17.2 Å². The number of hydrogen-bond acceptors (Lipinski definition) is 4. The van der Waals surface area contributed by atoms with E-state index in [2.05, 4.69) is 39.5 Å². The normalized spacial score (nSPS) is 13.4. The maximum atomic E-state index is 5.56. The maximum Gasteiger partial charge on any atom is 0.203 e. The van der Waals surface area contributed by atoms with Gasteiger partial charge < -0.3 is 24.4 Å². The SMILES string of the molecule is CN=C(NCc1ccc(OC)c(OC)c1OC)N1CCc2ccccc21. The molecule has 1 aliphatic rings. The molecule has 0 unspecified atom stereocenters. The van der Waals surface area contributed by atoms with Gasteiger partial charge in [0.05, 0.1) is 21.3 Å². The van der Waals surface area contributed by atoms with Crippen molar-refractivity contribution < 1.29 is 14.2 Å². The third-order valence-electron chi connectivity index (χ3n) is 4.58. The maximum absolute atomic E-state index is 5.56. The van der Waals surface area contributed by atoms with Gasteiger partial charge in [-0.25, -0.2) is 0 Å². The first kappa shape index (κ1) is 17.9. The average molecular weight is 355 g/mol. The summed E-state index contributed by atoms with van der Waals surface area (Å²) in [6.07, 6.45) is 1.02. The number of ether oxygens (including phenoxy) is 3. The molecule has 0 aromatic heterocycles. The van der Waals surface area contributed by atoms with E-state index in [1.165, 1.54) is 11.3 Å². The molecule has 6 heteroatoms. The first-order valence-corrected chi connectivity index (χ1v) is 8.57. The van der Waals surface area contributed by atoms with E-state index in [9.17, 15) is 0 Å². The van der Waals surface area contributed by atoms with E-state index in [1.807, 2.05) is 12.1 Å². The summed E-state index contributed by atoms with van der Waals surface area (Å²) in [6.45, 7) is 1.48. The molecule has 0 radical (unpaired) electrons. The Balaban J connectivity index is 1.80. The van der Waals surface area contributed by atoms with Crippen LogP contribution in [-0.2, 0) is 13.0 Å². The van der Waals surface area contributed by atoms with Gasteiger partial charge in [0.2, 0.25) is 5.75 Å². The lowest BCUT2D eigenvalue weighted by molar-refractivity contribution is 0.322. The van der Waals surface area contributed by atoms with Crippen LogP contribution in [0.15, 0.2) is 41.4 Å². The van der Waals surface area contributed by atoms with Crippen LogP contribution in [0.1, 0.15) is 11.1 Å². The molecule has 6 nitrogen and oxygen atoms in total. The van der Waals surface area contributed by atoms with E-state index in [0.29, 0.717) is 23.8 Å². The highest BCUT2D eigenvalue weighted by Crippen LogP contribution is 2.39. The zero-order valence-electron chi connectivity index (χ0n) is 15.7. The van der Waals surface area contributed by atoms with Crippen molar-refractivity contribution in [2.75, 3.05) is 39.8 Å². The number of anilines is 1. The standard InChI is InChI=1S/C20H25N3O3/c1-21-20(23-12-11-14-7-5-6-8-16(14)23)22-13-15-9-10-17(24-2)19(26-4)18(15)25-3/h5-10H,11-13H2,1-4H3,(H,21,22). The van der Waals surface area contributed by atoms with Gasteiger partial charge in [-0.2, -0.15) is 0 Å². The van der Waals surface area contributed by atoms with Gasteiger partial charge in [0, 0.05) is 31.4 Å². The van der Waals surface area contributed by atoms with Crippen molar-refractivity contribution in [3.05, 3.63) is 47.5 Å². The number of benzene rings is 2. The van der Waals surface area contributed by atoms with Crippen LogP contribution < -0.4 is 24.4 Å². The largest absolute Gasteiger partial charge is 0.493 e. The molecule has 0 atom stereocenters. The minimum Gasteiger partial charge on any atom is -0.493 e. The first-order valence-electron chi connectivity index (χ1n) is 8.57. The summed E-state index contributed by atoms with van der Waals surface area (Å²) in [6, 6.07) is 12.3. The molecule has 0 amide bonds. The average Bonchev–Trinajstić information content (AvgIpc) is 3.11. The van der Waals surface area contributed by atoms with Gasteiger partial charge >= 0.3 is 0 Å². The Morgan fingerprint density at radius 2 is 1.81 bits per heavy atom. The van der Waals surface area contributed by atoms with E-state index in [4.69, 9.17) is 14.2 Å². The lowest BCUT2D eigenvalue weighted by atomic mass is 10.1. The minimum absolute atomic E-state index is 0.564. The van der Waals surface area contributed by atoms with Crippen LogP contribution >= 0.6 is 0 Å². The smallest absolute Gasteiger partial charge is 0.203 e. The second-order valence-corrected chi connectivity index (χ2v) is 5.92. The van der Waals surface area contributed by atoms with Crippen molar-refractivity contribution >= 4 is 11.6 Å². The van der Waals surface area contributed by atoms with E-state index in [0.717, 1.165) is 24.5 Å². The van der Waals surface area contributed by atoms with Crippen LogP contribution in [0.2, 0.25) is 0 Å². The number of rotatable bonds is 5. The molecule has 0 aliphatic carbocycles. The number of aliphatic imine (C=N–C) groups is 1. The third-order valence-corrected chi connectivity index (χ3v) is 4.58. The van der Waals surface area contributed by atoms with Crippen molar-refractivity contribution in [2.24, 2.45) is 4.99 Å². The van der Waals surface area contributed by atoms with Crippen LogP contribution in [0.25, 0.3) is 0 Å². The summed E-state index contributed by atoms with van der Waals surface area (Å²) in [5.74, 6) is 2.74. The predicted octanol–water partition coefficient (Wildman–Crippen LogP) is 2.85. The number of nitrogens with zero attached hydrogens (tertiary/aromatic N) is 2. The summed E-state index contributed by atoms with van der Waals surface area (Å²) in [5, 5.41) is 3.43. The minimum atomic E-state index is 0.564. The molecule has 1 N–H and O–H groups in total. The number of para-hydroxylation sites is 1. The van der Waals surface area contributed by atoms with Gasteiger partial charge in [0.1, 0.15) is 0 Å². The van der Waals surface area contributed by atoms with Crippen LogP contribution in [0, 0.1) is 0 Å². The van der Waals surface area contributed by atoms with Crippen molar-refractivity contribution in [1.29, 1.82) is 0 Å². The molecule has 2 aromatic rings. The highest BCUT2D eigenvalue weighted by atomic mass is 16.5. The summed E-state index contributed by atoms with van der Waals surface area (Å²) >= 11 is 0. The Morgan fingerprint density at radius 1 is 1.04 bits per heavy atom. The van der Waals surface area contributed by atoms with E-state index >= 15 is 0 Å².